The van der Waals surface area contributed by atoms with Crippen LogP contribution in [0.5, 0.6) is 0 Å². The first-order chi connectivity index (χ1) is 11.6. The molecule has 0 spiro atoms. The molecule has 1 atom stereocenters. The van der Waals surface area contributed by atoms with Crippen molar-refractivity contribution in [3.05, 3.63) is 71.3 Å². The maximum Gasteiger partial charge on any atom is 0.256 e. The minimum atomic E-state index is -1.06. The molecule has 24 heavy (non-hydrogen) atoms. The van der Waals surface area contributed by atoms with Crippen molar-refractivity contribution in [2.75, 3.05) is 26.2 Å². The first kappa shape index (κ1) is 16.7. The first-order valence-electron chi connectivity index (χ1n) is 8.43. The molecule has 3 rings (SSSR count). The normalized spacial score (nSPS) is 16.8. The van der Waals surface area contributed by atoms with E-state index in [1.54, 1.807) is 4.90 Å². The number of amides is 1. The van der Waals surface area contributed by atoms with Crippen LogP contribution >= 0.6 is 0 Å². The van der Waals surface area contributed by atoms with Gasteiger partial charge in [0.15, 0.2) is 6.10 Å². The molecule has 0 saturated carbocycles. The molecule has 2 aromatic rings. The van der Waals surface area contributed by atoms with Crippen LogP contribution in [0.3, 0.4) is 0 Å². The van der Waals surface area contributed by atoms with E-state index in [0.29, 0.717) is 18.7 Å². The molecule has 1 N–H and O–H groups in total. The van der Waals surface area contributed by atoms with Crippen molar-refractivity contribution in [2.45, 2.75) is 19.6 Å². The fraction of sp³-hybridized carbons (Fsp3) is 0.350. The minimum Gasteiger partial charge on any atom is -0.378 e. The largest absolute Gasteiger partial charge is 0.378 e. The van der Waals surface area contributed by atoms with Gasteiger partial charge < -0.3 is 10.0 Å². The minimum absolute atomic E-state index is 0.196. The van der Waals surface area contributed by atoms with Gasteiger partial charge in [-0.2, -0.15) is 0 Å². The molecule has 1 amide bonds. The third-order valence-corrected chi connectivity index (χ3v) is 4.56. The lowest BCUT2D eigenvalue weighted by Crippen LogP contribution is -2.49. The van der Waals surface area contributed by atoms with Crippen molar-refractivity contribution in [3.8, 4) is 0 Å². The number of hydrogen-bond acceptors (Lipinski definition) is 3. The predicted molar refractivity (Wildman–Crippen MR) is 94.4 cm³/mol. The van der Waals surface area contributed by atoms with E-state index in [0.717, 1.165) is 25.2 Å². The number of aliphatic hydroxyl groups is 1. The van der Waals surface area contributed by atoms with Crippen LogP contribution < -0.4 is 0 Å². The van der Waals surface area contributed by atoms with Crippen LogP contribution in [0.2, 0.25) is 0 Å². The molecule has 1 heterocycles. The van der Waals surface area contributed by atoms with Gasteiger partial charge in [0.2, 0.25) is 0 Å². The monoisotopic (exact) mass is 324 g/mol. The highest BCUT2D eigenvalue weighted by atomic mass is 16.3. The van der Waals surface area contributed by atoms with Crippen LogP contribution in [0.4, 0.5) is 0 Å². The molecule has 1 aliphatic rings. The molecule has 1 unspecified atom stereocenters. The van der Waals surface area contributed by atoms with E-state index in [4.69, 9.17) is 0 Å². The number of carbonyl (C=O) groups is 1. The second-order valence-electron chi connectivity index (χ2n) is 6.40. The van der Waals surface area contributed by atoms with Gasteiger partial charge in [0, 0.05) is 32.7 Å². The fourth-order valence-electron chi connectivity index (χ4n) is 3.03. The summed E-state index contributed by atoms with van der Waals surface area (Å²) in [6.07, 6.45) is -1.06. The Morgan fingerprint density at radius 2 is 1.62 bits per heavy atom. The Kier molecular flexibility index (Phi) is 5.28. The molecule has 1 fully saturated rings. The van der Waals surface area contributed by atoms with Gasteiger partial charge in [0.1, 0.15) is 0 Å². The van der Waals surface area contributed by atoms with E-state index in [1.165, 1.54) is 5.56 Å². The maximum atomic E-state index is 12.5. The van der Waals surface area contributed by atoms with Crippen LogP contribution in [-0.4, -0.2) is 47.0 Å². The highest BCUT2D eigenvalue weighted by Crippen LogP contribution is 2.18. The number of nitrogens with zero attached hydrogens (tertiary/aromatic N) is 2. The third-order valence-electron chi connectivity index (χ3n) is 4.56. The standard InChI is InChI=1S/C20H24N2O2/c1-16-7-9-18(10-8-16)19(23)20(24)22-13-11-21(12-14-22)15-17-5-3-2-4-6-17/h2-10,19,23H,11-15H2,1H3. The summed E-state index contributed by atoms with van der Waals surface area (Å²) in [4.78, 5) is 16.6. The van der Waals surface area contributed by atoms with E-state index < -0.39 is 6.10 Å². The molecule has 1 saturated heterocycles. The number of carbonyl (C=O) groups excluding carboxylic acids is 1. The Labute approximate surface area is 143 Å². The van der Waals surface area contributed by atoms with Crippen molar-refractivity contribution >= 4 is 5.91 Å². The maximum absolute atomic E-state index is 12.5. The number of hydrogen-bond donors (Lipinski definition) is 1. The van der Waals surface area contributed by atoms with Gasteiger partial charge in [0.05, 0.1) is 0 Å². The van der Waals surface area contributed by atoms with E-state index in [2.05, 4.69) is 17.0 Å². The number of rotatable bonds is 4. The van der Waals surface area contributed by atoms with Gasteiger partial charge in [-0.05, 0) is 18.1 Å². The quantitative estimate of drug-likeness (QED) is 0.939. The molecular weight excluding hydrogens is 300 g/mol. The number of aryl methyl sites for hydroxylation is 1. The molecule has 4 nitrogen and oxygen atoms in total. The van der Waals surface area contributed by atoms with E-state index >= 15 is 0 Å². The Morgan fingerprint density at radius 1 is 1.00 bits per heavy atom. The molecule has 126 valence electrons. The molecule has 0 aliphatic carbocycles. The summed E-state index contributed by atoms with van der Waals surface area (Å²) in [6, 6.07) is 17.9. The number of piperazine rings is 1. The van der Waals surface area contributed by atoms with Gasteiger partial charge in [-0.15, -0.1) is 0 Å². The molecule has 0 aromatic heterocycles. The lowest BCUT2D eigenvalue weighted by Gasteiger charge is -2.35. The summed E-state index contributed by atoms with van der Waals surface area (Å²) >= 11 is 0. The summed E-state index contributed by atoms with van der Waals surface area (Å²) < 4.78 is 0. The van der Waals surface area contributed by atoms with Crippen molar-refractivity contribution in [2.24, 2.45) is 0 Å². The van der Waals surface area contributed by atoms with Crippen molar-refractivity contribution in [3.63, 3.8) is 0 Å². The average molecular weight is 324 g/mol. The summed E-state index contributed by atoms with van der Waals surface area (Å²) in [7, 11) is 0. The van der Waals surface area contributed by atoms with E-state index in [9.17, 15) is 9.90 Å². The Morgan fingerprint density at radius 3 is 2.25 bits per heavy atom. The van der Waals surface area contributed by atoms with Crippen LogP contribution in [0, 0.1) is 6.92 Å². The molecule has 0 bridgehead atoms. The Hall–Kier alpha value is -2.17. The van der Waals surface area contributed by atoms with Gasteiger partial charge in [-0.25, -0.2) is 0 Å². The molecule has 0 radical (unpaired) electrons. The molecule has 1 aliphatic heterocycles. The van der Waals surface area contributed by atoms with Crippen LogP contribution in [0.1, 0.15) is 22.8 Å². The summed E-state index contributed by atoms with van der Waals surface area (Å²) in [5.41, 5.74) is 3.07. The highest BCUT2D eigenvalue weighted by Gasteiger charge is 2.27. The van der Waals surface area contributed by atoms with Gasteiger partial charge in [-0.3, -0.25) is 9.69 Å². The molecule has 4 heteroatoms. The van der Waals surface area contributed by atoms with Crippen LogP contribution in [0.25, 0.3) is 0 Å². The van der Waals surface area contributed by atoms with Gasteiger partial charge in [-0.1, -0.05) is 60.2 Å². The van der Waals surface area contributed by atoms with Crippen molar-refractivity contribution in [1.29, 1.82) is 0 Å². The summed E-state index contributed by atoms with van der Waals surface area (Å²) in [6.45, 7) is 5.89. The summed E-state index contributed by atoms with van der Waals surface area (Å²) in [5.74, 6) is -0.196. The summed E-state index contributed by atoms with van der Waals surface area (Å²) in [5, 5.41) is 10.3. The van der Waals surface area contributed by atoms with Crippen molar-refractivity contribution in [1.82, 2.24) is 9.80 Å². The molecular formula is C20H24N2O2. The lowest BCUT2D eigenvalue weighted by molar-refractivity contribution is -0.142. The SMILES string of the molecule is Cc1ccc(C(O)C(=O)N2CCN(Cc3ccccc3)CC2)cc1. The zero-order valence-electron chi connectivity index (χ0n) is 14.1. The predicted octanol–water partition coefficient (Wildman–Crippen LogP) is 2.37. The van der Waals surface area contributed by atoms with Gasteiger partial charge in [0.25, 0.3) is 5.91 Å². The zero-order valence-corrected chi connectivity index (χ0v) is 14.1. The van der Waals surface area contributed by atoms with Crippen LogP contribution in [-0.2, 0) is 11.3 Å². The second kappa shape index (κ2) is 7.60. The first-order valence-corrected chi connectivity index (χ1v) is 8.43. The van der Waals surface area contributed by atoms with Gasteiger partial charge >= 0.3 is 0 Å². The number of benzene rings is 2. The van der Waals surface area contributed by atoms with Crippen molar-refractivity contribution < 1.29 is 9.90 Å². The molecule has 2 aromatic carbocycles. The second-order valence-corrected chi connectivity index (χ2v) is 6.40. The average Bonchev–Trinajstić information content (AvgIpc) is 2.63. The van der Waals surface area contributed by atoms with Crippen LogP contribution in [0.15, 0.2) is 54.6 Å². The highest BCUT2D eigenvalue weighted by molar-refractivity contribution is 5.82. The fourth-order valence-corrected chi connectivity index (χ4v) is 3.03. The third kappa shape index (κ3) is 4.02. The zero-order chi connectivity index (χ0) is 16.9. The van der Waals surface area contributed by atoms with E-state index in [-0.39, 0.29) is 5.91 Å². The lowest BCUT2D eigenvalue weighted by atomic mass is 10.1. The topological polar surface area (TPSA) is 43.8 Å². The van der Waals surface area contributed by atoms with E-state index in [1.807, 2.05) is 49.4 Å². The smallest absolute Gasteiger partial charge is 0.256 e. The Balaban J connectivity index is 1.54. The number of aliphatic hydroxyl groups excluding tert-OH is 1. The Bertz CT molecular complexity index is 662.